The predicted molar refractivity (Wildman–Crippen MR) is 83.2 cm³/mol. The Balaban J connectivity index is 1.79. The Morgan fingerprint density at radius 1 is 1.38 bits per heavy atom. The molecule has 0 bridgehead atoms. The van der Waals surface area contributed by atoms with Gasteiger partial charge in [-0.25, -0.2) is 9.97 Å². The van der Waals surface area contributed by atoms with Crippen LogP contribution in [0.2, 0.25) is 0 Å². The van der Waals surface area contributed by atoms with Gasteiger partial charge in [0.05, 0.1) is 6.10 Å². The van der Waals surface area contributed by atoms with Gasteiger partial charge in [-0.05, 0) is 44.6 Å². The van der Waals surface area contributed by atoms with Crippen molar-refractivity contribution in [1.82, 2.24) is 15.3 Å². The summed E-state index contributed by atoms with van der Waals surface area (Å²) in [5, 5.41) is 3.41. The minimum absolute atomic E-state index is 0.299. The predicted octanol–water partition coefficient (Wildman–Crippen LogP) is 2.82. The lowest BCUT2D eigenvalue weighted by Gasteiger charge is -2.36. The van der Waals surface area contributed by atoms with Crippen molar-refractivity contribution in [3.63, 3.8) is 0 Å². The molecule has 2 unspecified atom stereocenters. The molecule has 0 radical (unpaired) electrons. The van der Waals surface area contributed by atoms with E-state index < -0.39 is 0 Å². The maximum Gasteiger partial charge on any atom is 0.131 e. The van der Waals surface area contributed by atoms with Crippen LogP contribution in [0.25, 0.3) is 0 Å². The normalized spacial score (nSPS) is 28.1. The van der Waals surface area contributed by atoms with E-state index in [4.69, 9.17) is 9.72 Å². The fraction of sp³-hybridized carbons (Fsp3) is 0.765. The number of ether oxygens (including phenoxy) is 1. The highest BCUT2D eigenvalue weighted by molar-refractivity contribution is 5.26. The van der Waals surface area contributed by atoms with E-state index in [1.165, 1.54) is 24.1 Å². The fourth-order valence-electron chi connectivity index (χ4n) is 3.62. The first kappa shape index (κ1) is 14.9. The summed E-state index contributed by atoms with van der Waals surface area (Å²) in [6.45, 7) is 5.54. The van der Waals surface area contributed by atoms with E-state index in [1.807, 2.05) is 13.2 Å². The van der Waals surface area contributed by atoms with Gasteiger partial charge in [0.2, 0.25) is 0 Å². The average Bonchev–Trinajstić information content (AvgIpc) is 2.46. The van der Waals surface area contributed by atoms with E-state index in [9.17, 15) is 0 Å². The first-order chi connectivity index (χ1) is 10.1. The molecule has 3 rings (SSSR count). The van der Waals surface area contributed by atoms with Crippen LogP contribution in [0.5, 0.6) is 0 Å². The molecule has 4 heteroatoms. The van der Waals surface area contributed by atoms with Crippen LogP contribution >= 0.6 is 0 Å². The van der Waals surface area contributed by atoms with Gasteiger partial charge >= 0.3 is 0 Å². The van der Waals surface area contributed by atoms with Crippen LogP contribution in [-0.4, -0.2) is 29.7 Å². The minimum atomic E-state index is 0.299. The molecule has 1 aliphatic carbocycles. The zero-order chi connectivity index (χ0) is 14.9. The quantitative estimate of drug-likeness (QED) is 0.929. The molecule has 1 N–H and O–H groups in total. The van der Waals surface area contributed by atoms with Crippen molar-refractivity contribution in [2.45, 2.75) is 64.5 Å². The van der Waals surface area contributed by atoms with Crippen molar-refractivity contribution in [1.29, 1.82) is 0 Å². The van der Waals surface area contributed by atoms with Crippen molar-refractivity contribution >= 4 is 0 Å². The van der Waals surface area contributed by atoms with Crippen LogP contribution in [0.3, 0.4) is 0 Å². The van der Waals surface area contributed by atoms with E-state index in [1.54, 1.807) is 0 Å². The highest BCUT2D eigenvalue weighted by atomic mass is 16.5. The molecule has 2 aliphatic rings. The highest BCUT2D eigenvalue weighted by Gasteiger charge is 2.33. The Bertz CT molecular complexity index is 495. The summed E-state index contributed by atoms with van der Waals surface area (Å²) in [6.07, 6.45) is 9.00. The number of hydrogen-bond acceptors (Lipinski definition) is 4. The van der Waals surface area contributed by atoms with Crippen molar-refractivity contribution in [3.05, 3.63) is 23.3 Å². The summed E-state index contributed by atoms with van der Waals surface area (Å²) in [5.41, 5.74) is 2.81. The second-order valence-electron chi connectivity index (χ2n) is 7.27. The van der Waals surface area contributed by atoms with E-state index in [-0.39, 0.29) is 0 Å². The molecule has 4 nitrogen and oxygen atoms in total. The Morgan fingerprint density at radius 3 is 2.95 bits per heavy atom. The second kappa shape index (κ2) is 6.01. The molecular weight excluding hydrogens is 262 g/mol. The van der Waals surface area contributed by atoms with Gasteiger partial charge in [0.15, 0.2) is 0 Å². The summed E-state index contributed by atoms with van der Waals surface area (Å²) in [4.78, 5) is 9.47. The molecule has 0 aromatic carbocycles. The number of nitrogens with one attached hydrogen (secondary N) is 1. The molecule has 1 saturated heterocycles. The van der Waals surface area contributed by atoms with E-state index in [2.05, 4.69) is 24.1 Å². The summed E-state index contributed by atoms with van der Waals surface area (Å²) < 4.78 is 5.82. The third kappa shape index (κ3) is 3.43. The smallest absolute Gasteiger partial charge is 0.131 e. The highest BCUT2D eigenvalue weighted by Crippen LogP contribution is 2.39. The lowest BCUT2D eigenvalue weighted by Crippen LogP contribution is -2.33. The summed E-state index contributed by atoms with van der Waals surface area (Å²) in [7, 11) is 2.03. The van der Waals surface area contributed by atoms with Gasteiger partial charge in [0.1, 0.15) is 5.82 Å². The lowest BCUT2D eigenvalue weighted by molar-refractivity contribution is 0.0156. The van der Waals surface area contributed by atoms with Gasteiger partial charge in [0, 0.05) is 36.5 Å². The van der Waals surface area contributed by atoms with Gasteiger partial charge in [-0.15, -0.1) is 0 Å². The average molecular weight is 289 g/mol. The minimum Gasteiger partial charge on any atom is -0.378 e. The Kier molecular flexibility index (Phi) is 4.27. The number of hydrogen-bond donors (Lipinski definition) is 1. The van der Waals surface area contributed by atoms with Crippen LogP contribution in [-0.2, 0) is 17.6 Å². The zero-order valence-electron chi connectivity index (χ0n) is 13.5. The van der Waals surface area contributed by atoms with Crippen LogP contribution in [0.15, 0.2) is 6.20 Å². The van der Waals surface area contributed by atoms with Crippen LogP contribution < -0.4 is 5.32 Å². The molecule has 0 spiro atoms. The third-order valence-corrected chi connectivity index (χ3v) is 4.76. The van der Waals surface area contributed by atoms with Crippen molar-refractivity contribution < 1.29 is 4.74 Å². The van der Waals surface area contributed by atoms with Crippen LogP contribution in [0.4, 0.5) is 0 Å². The SMILES string of the molecule is CNC1CC(C)(C)Cc2nc(CC3CCCCO3)ncc21. The second-order valence-corrected chi connectivity index (χ2v) is 7.27. The summed E-state index contributed by atoms with van der Waals surface area (Å²) >= 11 is 0. The number of rotatable bonds is 3. The lowest BCUT2D eigenvalue weighted by atomic mass is 9.74. The Labute approximate surface area is 127 Å². The molecule has 0 saturated carbocycles. The maximum absolute atomic E-state index is 5.82. The number of fused-ring (bicyclic) bond motifs is 1. The maximum atomic E-state index is 5.82. The summed E-state index contributed by atoms with van der Waals surface area (Å²) in [6, 6.07) is 0.378. The van der Waals surface area contributed by atoms with Crippen LogP contribution in [0, 0.1) is 5.41 Å². The molecule has 21 heavy (non-hydrogen) atoms. The van der Waals surface area contributed by atoms with E-state index in [0.717, 1.165) is 38.1 Å². The topological polar surface area (TPSA) is 47.0 Å². The fourth-order valence-corrected chi connectivity index (χ4v) is 3.62. The summed E-state index contributed by atoms with van der Waals surface area (Å²) in [5.74, 6) is 0.952. The van der Waals surface area contributed by atoms with E-state index in [0.29, 0.717) is 17.6 Å². The molecule has 116 valence electrons. The standard InChI is InChI=1S/C17H27N3O/c1-17(2)9-14(18-3)13-11-19-16(20-15(13)10-17)8-12-6-4-5-7-21-12/h11-12,14,18H,4-10H2,1-3H3. The van der Waals surface area contributed by atoms with Crippen molar-refractivity contribution in [2.75, 3.05) is 13.7 Å². The zero-order valence-corrected chi connectivity index (χ0v) is 13.5. The number of aromatic nitrogens is 2. The largest absolute Gasteiger partial charge is 0.378 e. The molecular formula is C17H27N3O. The molecule has 2 atom stereocenters. The Morgan fingerprint density at radius 2 is 2.24 bits per heavy atom. The Hall–Kier alpha value is -1.00. The van der Waals surface area contributed by atoms with Crippen molar-refractivity contribution in [3.8, 4) is 0 Å². The van der Waals surface area contributed by atoms with Gasteiger partial charge in [-0.3, -0.25) is 0 Å². The first-order valence-corrected chi connectivity index (χ1v) is 8.21. The molecule has 1 aromatic rings. The molecule has 1 fully saturated rings. The molecule has 2 heterocycles. The van der Waals surface area contributed by atoms with Gasteiger partial charge in [0.25, 0.3) is 0 Å². The van der Waals surface area contributed by atoms with E-state index >= 15 is 0 Å². The van der Waals surface area contributed by atoms with Gasteiger partial charge < -0.3 is 10.1 Å². The molecule has 0 amide bonds. The van der Waals surface area contributed by atoms with Crippen LogP contribution in [0.1, 0.15) is 62.7 Å². The first-order valence-electron chi connectivity index (χ1n) is 8.21. The molecule has 1 aromatic heterocycles. The third-order valence-electron chi connectivity index (χ3n) is 4.76. The van der Waals surface area contributed by atoms with Gasteiger partial charge in [-0.1, -0.05) is 13.8 Å². The monoisotopic (exact) mass is 289 g/mol. The van der Waals surface area contributed by atoms with Crippen molar-refractivity contribution in [2.24, 2.45) is 5.41 Å². The number of nitrogens with zero attached hydrogens (tertiary/aromatic N) is 2. The van der Waals surface area contributed by atoms with Gasteiger partial charge in [-0.2, -0.15) is 0 Å². The molecule has 1 aliphatic heterocycles.